The van der Waals surface area contributed by atoms with Gasteiger partial charge in [-0.15, -0.1) is 16.4 Å². The number of nitrogens with one attached hydrogen (secondary N) is 1. The normalized spacial score (nSPS) is 11.4. The van der Waals surface area contributed by atoms with Gasteiger partial charge in [-0.25, -0.2) is 9.48 Å². The predicted molar refractivity (Wildman–Crippen MR) is 128 cm³/mol. The number of nitrogens with zero attached hydrogens (tertiary/aromatic N) is 3. The van der Waals surface area contributed by atoms with Crippen LogP contribution >= 0.6 is 11.3 Å². The zero-order valence-corrected chi connectivity index (χ0v) is 19.4. The molecule has 0 aliphatic heterocycles. The number of carboxylic acids is 1. The van der Waals surface area contributed by atoms with E-state index in [-0.39, 0.29) is 11.5 Å². The van der Waals surface area contributed by atoms with E-state index in [0.717, 1.165) is 12.1 Å². The number of thiophene rings is 1. The Morgan fingerprint density at radius 1 is 1.06 bits per heavy atom. The third kappa shape index (κ3) is 5.61. The minimum Gasteiger partial charge on any atom is -0.478 e. The van der Waals surface area contributed by atoms with Crippen LogP contribution < -0.4 is 11.1 Å². The minimum atomic E-state index is -4.45. The summed E-state index contributed by atoms with van der Waals surface area (Å²) in [4.78, 5) is 24.5. The number of rotatable bonds is 8. The number of nitrogens with two attached hydrogens (primary N) is 1. The Balaban J connectivity index is 1.63. The van der Waals surface area contributed by atoms with E-state index in [1.165, 1.54) is 46.5 Å². The quantitative estimate of drug-likeness (QED) is 0.298. The summed E-state index contributed by atoms with van der Waals surface area (Å²) in [5.74, 6) is -1.40. The van der Waals surface area contributed by atoms with Crippen LogP contribution in [0.2, 0.25) is 0 Å². The molecule has 36 heavy (non-hydrogen) atoms. The van der Waals surface area contributed by atoms with Gasteiger partial charge in [-0.2, -0.15) is 13.2 Å². The van der Waals surface area contributed by atoms with Crippen LogP contribution in [0.4, 0.5) is 13.2 Å². The van der Waals surface area contributed by atoms with E-state index >= 15 is 0 Å². The van der Waals surface area contributed by atoms with Crippen LogP contribution in [0, 0.1) is 0 Å². The first-order chi connectivity index (χ1) is 17.2. The van der Waals surface area contributed by atoms with Gasteiger partial charge in [0.2, 0.25) is 0 Å². The highest BCUT2D eigenvalue weighted by molar-refractivity contribution is 7.12. The maximum Gasteiger partial charge on any atom is 0.416 e. The van der Waals surface area contributed by atoms with Crippen molar-refractivity contribution in [1.82, 2.24) is 20.3 Å². The van der Waals surface area contributed by atoms with Gasteiger partial charge in [0, 0.05) is 12.1 Å². The lowest BCUT2D eigenvalue weighted by Crippen LogP contribution is -2.25. The average molecular weight is 516 g/mol. The number of carbonyl (C=O) groups is 2. The van der Waals surface area contributed by atoms with E-state index in [9.17, 15) is 27.9 Å². The second-order valence-electron chi connectivity index (χ2n) is 7.79. The first-order valence-corrected chi connectivity index (χ1v) is 11.6. The molecule has 0 aliphatic carbocycles. The van der Waals surface area contributed by atoms with E-state index < -0.39 is 17.7 Å². The lowest BCUT2D eigenvalue weighted by atomic mass is 10.0. The zero-order chi connectivity index (χ0) is 25.9. The molecule has 0 aliphatic rings. The molecule has 2 aromatic heterocycles. The zero-order valence-electron chi connectivity index (χ0n) is 18.6. The van der Waals surface area contributed by atoms with Crippen molar-refractivity contribution in [1.29, 1.82) is 0 Å². The summed E-state index contributed by atoms with van der Waals surface area (Å²) in [6, 6.07) is 10.7. The van der Waals surface area contributed by atoms with Crippen LogP contribution in [-0.2, 0) is 6.18 Å². The Labute approximate surface area is 207 Å². The fourth-order valence-corrected chi connectivity index (χ4v) is 4.22. The number of hydrogen-bond acceptors (Lipinski definition) is 6. The maximum atomic E-state index is 12.8. The minimum absolute atomic E-state index is 0.00534. The Hall–Kier alpha value is -4.03. The molecule has 0 saturated heterocycles. The molecule has 0 atom stereocenters. The fraction of sp³-hybridized carbons (Fsp3) is 0.167. The van der Waals surface area contributed by atoms with Crippen LogP contribution in [0.25, 0.3) is 28.1 Å². The molecule has 0 fully saturated rings. The molecule has 0 unspecified atom stereocenters. The molecule has 0 radical (unpaired) electrons. The Morgan fingerprint density at radius 3 is 2.47 bits per heavy atom. The molecule has 2 aromatic carbocycles. The van der Waals surface area contributed by atoms with Gasteiger partial charge >= 0.3 is 12.1 Å². The molecule has 12 heteroatoms. The predicted octanol–water partition coefficient (Wildman–Crippen LogP) is 4.46. The summed E-state index contributed by atoms with van der Waals surface area (Å²) in [5, 5.41) is 22.2. The number of carboxylic acid groups (broad SMARTS) is 1. The molecule has 0 bridgehead atoms. The highest BCUT2D eigenvalue weighted by atomic mass is 32.1. The highest BCUT2D eigenvalue weighted by Crippen LogP contribution is 2.31. The van der Waals surface area contributed by atoms with E-state index in [2.05, 4.69) is 15.6 Å². The van der Waals surface area contributed by atoms with Crippen molar-refractivity contribution < 1.29 is 27.9 Å². The van der Waals surface area contributed by atoms with Crippen molar-refractivity contribution in [2.75, 3.05) is 13.1 Å². The van der Waals surface area contributed by atoms with Gasteiger partial charge in [0.1, 0.15) is 5.69 Å². The number of benzene rings is 2. The number of carbonyl (C=O) groups excluding carboxylic acids is 1. The second kappa shape index (κ2) is 10.3. The van der Waals surface area contributed by atoms with Crippen molar-refractivity contribution in [2.45, 2.75) is 12.6 Å². The van der Waals surface area contributed by atoms with Crippen LogP contribution in [0.1, 0.15) is 32.0 Å². The first-order valence-electron chi connectivity index (χ1n) is 10.7. The van der Waals surface area contributed by atoms with Crippen molar-refractivity contribution in [3.05, 3.63) is 76.1 Å². The Kier molecular flexibility index (Phi) is 7.17. The molecule has 186 valence electrons. The fourth-order valence-electron chi connectivity index (χ4n) is 3.38. The standard InChI is InChI=1S/C24H20F3N5O3S/c25-24(26,27)18-4-2-14(3-5-18)20-12-32(31-30-20)19-9-15(8-16(10-19)23(34)35)17-11-21(36-13-17)22(33)29-7-1-6-28/h2-5,8-13H,1,6-7,28H2,(H,29,33)(H,34,35). The number of aromatic nitrogens is 3. The molecular formula is C24H20F3N5O3S. The van der Waals surface area contributed by atoms with Gasteiger partial charge in [-0.05, 0) is 65.9 Å². The van der Waals surface area contributed by atoms with E-state index in [0.29, 0.717) is 52.5 Å². The summed E-state index contributed by atoms with van der Waals surface area (Å²) in [6.07, 6.45) is -2.30. The van der Waals surface area contributed by atoms with Crippen molar-refractivity contribution in [3.8, 4) is 28.1 Å². The molecule has 2 heterocycles. The molecule has 4 N–H and O–H groups in total. The number of hydrogen-bond donors (Lipinski definition) is 3. The molecular weight excluding hydrogens is 495 g/mol. The van der Waals surface area contributed by atoms with E-state index in [1.54, 1.807) is 17.5 Å². The van der Waals surface area contributed by atoms with Gasteiger partial charge in [-0.1, -0.05) is 17.3 Å². The Morgan fingerprint density at radius 2 is 1.81 bits per heavy atom. The van der Waals surface area contributed by atoms with Crippen molar-refractivity contribution in [3.63, 3.8) is 0 Å². The smallest absolute Gasteiger partial charge is 0.416 e. The van der Waals surface area contributed by atoms with Gasteiger partial charge in [0.05, 0.1) is 27.9 Å². The van der Waals surface area contributed by atoms with Gasteiger partial charge in [0.15, 0.2) is 0 Å². The summed E-state index contributed by atoms with van der Waals surface area (Å²) >= 11 is 1.23. The molecule has 8 nitrogen and oxygen atoms in total. The lowest BCUT2D eigenvalue weighted by Gasteiger charge is -2.07. The van der Waals surface area contributed by atoms with E-state index in [4.69, 9.17) is 5.73 Å². The van der Waals surface area contributed by atoms with Gasteiger partial charge in [0.25, 0.3) is 5.91 Å². The topological polar surface area (TPSA) is 123 Å². The van der Waals surface area contributed by atoms with Crippen molar-refractivity contribution in [2.24, 2.45) is 5.73 Å². The number of alkyl halides is 3. The first kappa shape index (κ1) is 25.1. The maximum absolute atomic E-state index is 12.8. The van der Waals surface area contributed by atoms with Crippen LogP contribution in [0.3, 0.4) is 0 Å². The summed E-state index contributed by atoms with van der Waals surface area (Å²) in [6.45, 7) is 0.915. The van der Waals surface area contributed by atoms with Gasteiger partial charge < -0.3 is 16.2 Å². The van der Waals surface area contributed by atoms with Gasteiger partial charge in [-0.3, -0.25) is 4.79 Å². The lowest BCUT2D eigenvalue weighted by molar-refractivity contribution is -0.137. The van der Waals surface area contributed by atoms with E-state index in [1.807, 2.05) is 0 Å². The average Bonchev–Trinajstić information content (AvgIpc) is 3.54. The van der Waals surface area contributed by atoms with Crippen LogP contribution in [0.15, 0.2) is 60.1 Å². The second-order valence-corrected chi connectivity index (χ2v) is 8.71. The summed E-state index contributed by atoms with van der Waals surface area (Å²) < 4.78 is 39.9. The summed E-state index contributed by atoms with van der Waals surface area (Å²) in [5.41, 5.74) is 6.98. The molecule has 4 rings (SSSR count). The summed E-state index contributed by atoms with van der Waals surface area (Å²) in [7, 11) is 0. The number of amides is 1. The third-order valence-electron chi connectivity index (χ3n) is 5.25. The molecule has 4 aromatic rings. The van der Waals surface area contributed by atoms with Crippen LogP contribution in [-0.4, -0.2) is 45.1 Å². The molecule has 0 saturated carbocycles. The molecule has 1 amide bonds. The molecule has 0 spiro atoms. The van der Waals surface area contributed by atoms with Crippen molar-refractivity contribution >= 4 is 23.2 Å². The number of aromatic carboxylic acids is 1. The Bertz CT molecular complexity index is 1400. The third-order valence-corrected chi connectivity index (χ3v) is 6.18. The van der Waals surface area contributed by atoms with Crippen LogP contribution in [0.5, 0.6) is 0 Å². The SMILES string of the molecule is NCCCNC(=O)c1cc(-c2cc(C(=O)O)cc(-n3cc(-c4ccc(C(F)(F)F)cc4)nn3)c2)cs1. The monoisotopic (exact) mass is 515 g/mol. The highest BCUT2D eigenvalue weighted by Gasteiger charge is 2.30. The largest absolute Gasteiger partial charge is 0.478 e. The number of halogens is 3.